The standard InChI is InChI=1S/C17H22N2O5/c20-16-12-23-15-4-2-1-3-13(15)11-19(16)8-7-18-17(21)24-14-5-9-22-10-6-14/h1-4,14H,5-12H2,(H,18,21). The van der Waals surface area contributed by atoms with Crippen molar-refractivity contribution in [1.29, 1.82) is 0 Å². The second kappa shape index (κ2) is 8.01. The Morgan fingerprint density at radius 3 is 2.92 bits per heavy atom. The number of alkyl carbamates (subject to hydrolysis) is 1. The van der Waals surface area contributed by atoms with Gasteiger partial charge in [-0.3, -0.25) is 4.79 Å². The van der Waals surface area contributed by atoms with E-state index < -0.39 is 6.09 Å². The predicted octanol–water partition coefficient (Wildman–Crippen LogP) is 1.31. The van der Waals surface area contributed by atoms with Crippen molar-refractivity contribution in [2.75, 3.05) is 32.9 Å². The van der Waals surface area contributed by atoms with Crippen molar-refractivity contribution in [2.45, 2.75) is 25.5 Å². The molecule has 0 bridgehead atoms. The number of carbonyl (C=O) groups excluding carboxylic acids is 2. The molecule has 7 heteroatoms. The molecule has 0 radical (unpaired) electrons. The van der Waals surface area contributed by atoms with Crippen LogP contribution in [0.25, 0.3) is 0 Å². The van der Waals surface area contributed by atoms with Gasteiger partial charge in [0.25, 0.3) is 5.91 Å². The van der Waals surface area contributed by atoms with E-state index in [-0.39, 0.29) is 18.6 Å². The molecule has 1 aromatic rings. The maximum Gasteiger partial charge on any atom is 0.407 e. The molecule has 0 atom stereocenters. The molecule has 2 amide bonds. The van der Waals surface area contributed by atoms with Crippen molar-refractivity contribution in [3.8, 4) is 5.75 Å². The van der Waals surface area contributed by atoms with Crippen LogP contribution in [0.1, 0.15) is 18.4 Å². The molecular formula is C17H22N2O5. The summed E-state index contributed by atoms with van der Waals surface area (Å²) in [6.45, 7) is 2.50. The molecule has 2 aliphatic rings. The van der Waals surface area contributed by atoms with E-state index in [1.54, 1.807) is 4.90 Å². The zero-order chi connectivity index (χ0) is 16.8. The van der Waals surface area contributed by atoms with Crippen LogP contribution in [0.3, 0.4) is 0 Å². The van der Waals surface area contributed by atoms with Crippen molar-refractivity contribution in [3.63, 3.8) is 0 Å². The maximum atomic E-state index is 12.1. The molecule has 1 aromatic carbocycles. The predicted molar refractivity (Wildman–Crippen MR) is 85.7 cm³/mol. The summed E-state index contributed by atoms with van der Waals surface area (Å²) in [6.07, 6.45) is 0.929. The number of amides is 2. The molecule has 24 heavy (non-hydrogen) atoms. The normalized spacial score (nSPS) is 18.3. The fraction of sp³-hybridized carbons (Fsp3) is 0.529. The lowest BCUT2D eigenvalue weighted by Gasteiger charge is -2.23. The third-order valence-corrected chi connectivity index (χ3v) is 4.13. The second-order valence-electron chi connectivity index (χ2n) is 5.86. The van der Waals surface area contributed by atoms with Gasteiger partial charge in [-0.2, -0.15) is 0 Å². The minimum atomic E-state index is -0.444. The topological polar surface area (TPSA) is 77.1 Å². The molecule has 7 nitrogen and oxygen atoms in total. The van der Waals surface area contributed by atoms with Crippen molar-refractivity contribution in [1.82, 2.24) is 10.2 Å². The van der Waals surface area contributed by atoms with Gasteiger partial charge in [0, 0.05) is 38.0 Å². The average molecular weight is 334 g/mol. The fourth-order valence-electron chi connectivity index (χ4n) is 2.78. The Morgan fingerprint density at radius 1 is 1.29 bits per heavy atom. The monoisotopic (exact) mass is 334 g/mol. The van der Waals surface area contributed by atoms with Gasteiger partial charge < -0.3 is 24.4 Å². The fourth-order valence-corrected chi connectivity index (χ4v) is 2.78. The molecule has 130 valence electrons. The molecular weight excluding hydrogens is 312 g/mol. The first-order valence-corrected chi connectivity index (χ1v) is 8.23. The minimum Gasteiger partial charge on any atom is -0.483 e. The summed E-state index contributed by atoms with van der Waals surface area (Å²) in [5.74, 6) is 0.644. The summed E-state index contributed by atoms with van der Waals surface area (Å²) in [4.78, 5) is 25.6. The van der Waals surface area contributed by atoms with Crippen LogP contribution in [0, 0.1) is 0 Å². The van der Waals surface area contributed by atoms with Crippen LogP contribution in [-0.2, 0) is 20.8 Å². The molecule has 2 heterocycles. The Hall–Kier alpha value is -2.28. The van der Waals surface area contributed by atoms with Crippen LogP contribution in [-0.4, -0.2) is 55.9 Å². The zero-order valence-electron chi connectivity index (χ0n) is 13.5. The van der Waals surface area contributed by atoms with Crippen LogP contribution in [0.2, 0.25) is 0 Å². The van der Waals surface area contributed by atoms with E-state index in [1.807, 2.05) is 24.3 Å². The number of hydrogen-bond donors (Lipinski definition) is 1. The van der Waals surface area contributed by atoms with Gasteiger partial charge in [0.1, 0.15) is 11.9 Å². The van der Waals surface area contributed by atoms with E-state index >= 15 is 0 Å². The molecule has 2 aliphatic heterocycles. The lowest BCUT2D eigenvalue weighted by atomic mass is 10.2. The minimum absolute atomic E-state index is 0.0174. The third kappa shape index (κ3) is 4.38. The molecule has 1 N–H and O–H groups in total. The lowest BCUT2D eigenvalue weighted by Crippen LogP contribution is -2.40. The highest BCUT2D eigenvalue weighted by Crippen LogP contribution is 2.22. The number of nitrogens with one attached hydrogen (secondary N) is 1. The van der Waals surface area contributed by atoms with Crippen molar-refractivity contribution in [3.05, 3.63) is 29.8 Å². The van der Waals surface area contributed by atoms with Crippen LogP contribution >= 0.6 is 0 Å². The zero-order valence-corrected chi connectivity index (χ0v) is 13.5. The van der Waals surface area contributed by atoms with Gasteiger partial charge in [-0.25, -0.2) is 4.79 Å². The highest BCUT2D eigenvalue weighted by molar-refractivity contribution is 5.78. The van der Waals surface area contributed by atoms with E-state index in [9.17, 15) is 9.59 Å². The SMILES string of the molecule is O=C(NCCN1Cc2ccccc2OCC1=O)OC1CCOCC1. The van der Waals surface area contributed by atoms with Crippen LogP contribution < -0.4 is 10.1 Å². The number of nitrogens with zero attached hydrogens (tertiary/aromatic N) is 1. The van der Waals surface area contributed by atoms with E-state index in [0.717, 1.165) is 24.2 Å². The number of carbonyl (C=O) groups is 2. The van der Waals surface area contributed by atoms with Gasteiger partial charge in [0.05, 0.1) is 13.2 Å². The van der Waals surface area contributed by atoms with Crippen molar-refractivity contribution >= 4 is 12.0 Å². The average Bonchev–Trinajstić information content (AvgIpc) is 2.75. The van der Waals surface area contributed by atoms with Gasteiger partial charge >= 0.3 is 6.09 Å². The first-order chi connectivity index (χ1) is 11.7. The van der Waals surface area contributed by atoms with Crippen LogP contribution in [0.15, 0.2) is 24.3 Å². The van der Waals surface area contributed by atoms with Crippen LogP contribution in [0.4, 0.5) is 4.79 Å². The summed E-state index contributed by atoms with van der Waals surface area (Å²) >= 11 is 0. The molecule has 1 fully saturated rings. The largest absolute Gasteiger partial charge is 0.483 e. The Kier molecular flexibility index (Phi) is 5.53. The van der Waals surface area contributed by atoms with E-state index in [0.29, 0.717) is 32.8 Å². The Bertz CT molecular complexity index is 586. The van der Waals surface area contributed by atoms with Gasteiger partial charge in [0.2, 0.25) is 0 Å². The lowest BCUT2D eigenvalue weighted by molar-refractivity contribution is -0.133. The first kappa shape index (κ1) is 16.6. The molecule has 0 spiro atoms. The Morgan fingerprint density at radius 2 is 2.08 bits per heavy atom. The Balaban J connectivity index is 1.45. The van der Waals surface area contributed by atoms with Gasteiger partial charge in [-0.15, -0.1) is 0 Å². The quantitative estimate of drug-likeness (QED) is 0.898. The summed E-state index contributed by atoms with van der Waals surface area (Å²) in [7, 11) is 0. The number of benzene rings is 1. The maximum absolute atomic E-state index is 12.1. The summed E-state index contributed by atoms with van der Waals surface area (Å²) in [6, 6.07) is 7.59. The number of para-hydroxylation sites is 1. The molecule has 0 saturated carbocycles. The van der Waals surface area contributed by atoms with Crippen molar-refractivity contribution in [2.24, 2.45) is 0 Å². The number of ether oxygens (including phenoxy) is 3. The van der Waals surface area contributed by atoms with E-state index in [1.165, 1.54) is 0 Å². The molecule has 1 saturated heterocycles. The number of rotatable bonds is 4. The van der Waals surface area contributed by atoms with Crippen molar-refractivity contribution < 1.29 is 23.8 Å². The first-order valence-electron chi connectivity index (χ1n) is 8.23. The Labute approximate surface area is 140 Å². The summed E-state index contributed by atoms with van der Waals surface area (Å²) in [5.41, 5.74) is 0.966. The highest BCUT2D eigenvalue weighted by atomic mass is 16.6. The molecule has 0 aliphatic carbocycles. The molecule has 0 aromatic heterocycles. The summed E-state index contributed by atoms with van der Waals surface area (Å²) < 4.78 is 16.1. The van der Waals surface area contributed by atoms with E-state index in [2.05, 4.69) is 5.32 Å². The number of hydrogen-bond acceptors (Lipinski definition) is 5. The highest BCUT2D eigenvalue weighted by Gasteiger charge is 2.22. The van der Waals surface area contributed by atoms with Gasteiger partial charge in [-0.05, 0) is 6.07 Å². The summed E-state index contributed by atoms with van der Waals surface area (Å²) in [5, 5.41) is 2.71. The van der Waals surface area contributed by atoms with Gasteiger partial charge in [-0.1, -0.05) is 18.2 Å². The second-order valence-corrected chi connectivity index (χ2v) is 5.86. The molecule has 0 unspecified atom stereocenters. The van der Waals surface area contributed by atoms with Gasteiger partial charge in [0.15, 0.2) is 6.61 Å². The third-order valence-electron chi connectivity index (χ3n) is 4.13. The van der Waals surface area contributed by atoms with E-state index in [4.69, 9.17) is 14.2 Å². The number of fused-ring (bicyclic) bond motifs is 1. The van der Waals surface area contributed by atoms with Crippen LogP contribution in [0.5, 0.6) is 5.75 Å². The smallest absolute Gasteiger partial charge is 0.407 e. The molecule has 3 rings (SSSR count).